The number of halogens is 3. The van der Waals surface area contributed by atoms with Gasteiger partial charge < -0.3 is 4.90 Å². The Morgan fingerprint density at radius 3 is 2.33 bits per heavy atom. The lowest BCUT2D eigenvalue weighted by molar-refractivity contribution is -0.137. The first kappa shape index (κ1) is 18.7. The largest absolute Gasteiger partial charge is 0.416 e. The molecule has 4 nitrogen and oxygen atoms in total. The van der Waals surface area contributed by atoms with Crippen molar-refractivity contribution in [1.82, 2.24) is 14.7 Å². The lowest BCUT2D eigenvalue weighted by atomic mass is 10.1. The molecular weight excluding hydrogens is 355 g/mol. The molecule has 1 aromatic heterocycles. The highest BCUT2D eigenvalue weighted by molar-refractivity contribution is 5.78. The molecule has 140 valence electrons. The van der Waals surface area contributed by atoms with Crippen LogP contribution < -0.4 is 0 Å². The normalized spacial score (nSPS) is 11.4. The van der Waals surface area contributed by atoms with Crippen LogP contribution in [0, 0.1) is 0 Å². The summed E-state index contributed by atoms with van der Waals surface area (Å²) in [6.45, 7) is 0.367. The van der Waals surface area contributed by atoms with E-state index in [0.717, 1.165) is 23.4 Å². The quantitative estimate of drug-likeness (QED) is 0.676. The number of benzene rings is 2. The number of carbonyl (C=O) groups is 1. The van der Waals surface area contributed by atoms with Crippen LogP contribution in [0.25, 0.3) is 5.69 Å². The summed E-state index contributed by atoms with van der Waals surface area (Å²) in [5, 5.41) is 4.29. The molecule has 1 amide bonds. The predicted molar refractivity (Wildman–Crippen MR) is 95.2 cm³/mol. The second kappa shape index (κ2) is 7.65. The highest BCUT2D eigenvalue weighted by atomic mass is 19.4. The summed E-state index contributed by atoms with van der Waals surface area (Å²) in [5.74, 6) is -0.179. The van der Waals surface area contributed by atoms with E-state index in [1.165, 1.54) is 17.0 Å². The fourth-order valence-corrected chi connectivity index (χ4v) is 2.65. The van der Waals surface area contributed by atoms with Gasteiger partial charge in [-0.25, -0.2) is 4.68 Å². The molecule has 0 bridgehead atoms. The molecule has 0 atom stereocenters. The van der Waals surface area contributed by atoms with Gasteiger partial charge in [-0.15, -0.1) is 0 Å². The van der Waals surface area contributed by atoms with Gasteiger partial charge in [0, 0.05) is 25.4 Å². The summed E-state index contributed by atoms with van der Waals surface area (Å²) < 4.78 is 39.5. The second-order valence-corrected chi connectivity index (χ2v) is 6.25. The number of para-hydroxylation sites is 1. The highest BCUT2D eigenvalue weighted by Gasteiger charge is 2.30. The third-order valence-corrected chi connectivity index (χ3v) is 4.14. The zero-order chi connectivity index (χ0) is 19.4. The van der Waals surface area contributed by atoms with Crippen LogP contribution in [0.4, 0.5) is 13.2 Å². The third kappa shape index (κ3) is 4.75. The molecule has 0 radical (unpaired) electrons. The number of likely N-dealkylation sites (N-methyl/N-ethyl adjacent to an activating group) is 1. The van der Waals surface area contributed by atoms with Gasteiger partial charge in [0.1, 0.15) is 0 Å². The summed E-state index contributed by atoms with van der Waals surface area (Å²) in [6.07, 6.45) is -0.800. The number of alkyl halides is 3. The molecule has 3 rings (SSSR count). The first-order valence-electron chi connectivity index (χ1n) is 8.32. The molecule has 0 fully saturated rings. The lowest BCUT2D eigenvalue weighted by Gasteiger charge is -2.16. The molecule has 0 spiro atoms. The van der Waals surface area contributed by atoms with Crippen LogP contribution in [0.15, 0.2) is 67.0 Å². The Hall–Kier alpha value is -3.09. The van der Waals surface area contributed by atoms with Crippen molar-refractivity contribution >= 4 is 5.91 Å². The van der Waals surface area contributed by atoms with E-state index in [1.54, 1.807) is 17.9 Å². The molecule has 7 heteroatoms. The van der Waals surface area contributed by atoms with Gasteiger partial charge in [-0.2, -0.15) is 18.3 Å². The topological polar surface area (TPSA) is 38.1 Å². The molecule has 3 aromatic rings. The Balaban J connectivity index is 1.60. The first-order valence-corrected chi connectivity index (χ1v) is 8.32. The SMILES string of the molecule is CN(Cc1cnn(-c2ccccc2)c1)C(=O)Cc1ccc(C(F)(F)F)cc1. The fraction of sp³-hybridized carbons (Fsp3) is 0.200. The van der Waals surface area contributed by atoms with E-state index in [9.17, 15) is 18.0 Å². The summed E-state index contributed by atoms with van der Waals surface area (Å²) in [5.41, 5.74) is 1.60. The minimum Gasteiger partial charge on any atom is -0.341 e. The molecular formula is C20H18F3N3O. The van der Waals surface area contributed by atoms with Gasteiger partial charge in [0.15, 0.2) is 0 Å². The average molecular weight is 373 g/mol. The molecule has 0 aliphatic heterocycles. The summed E-state index contributed by atoms with van der Waals surface area (Å²) >= 11 is 0. The van der Waals surface area contributed by atoms with Crippen molar-refractivity contribution in [3.8, 4) is 5.69 Å². The van der Waals surface area contributed by atoms with E-state index in [2.05, 4.69) is 5.10 Å². The van der Waals surface area contributed by atoms with Crippen LogP contribution in [-0.4, -0.2) is 27.6 Å². The Kier molecular flexibility index (Phi) is 5.30. The molecule has 0 aliphatic carbocycles. The van der Waals surface area contributed by atoms with Gasteiger partial charge in [0.25, 0.3) is 0 Å². The Morgan fingerprint density at radius 2 is 1.70 bits per heavy atom. The van der Waals surface area contributed by atoms with Gasteiger partial charge >= 0.3 is 6.18 Å². The van der Waals surface area contributed by atoms with Crippen LogP contribution in [0.3, 0.4) is 0 Å². The predicted octanol–water partition coefficient (Wildman–Crippen LogP) is 4.09. The minimum atomic E-state index is -4.38. The van der Waals surface area contributed by atoms with Crippen molar-refractivity contribution in [3.05, 3.63) is 83.7 Å². The average Bonchev–Trinajstić information content (AvgIpc) is 3.10. The minimum absolute atomic E-state index is 0.0431. The fourth-order valence-electron chi connectivity index (χ4n) is 2.65. The van der Waals surface area contributed by atoms with Crippen molar-refractivity contribution in [2.45, 2.75) is 19.1 Å². The Morgan fingerprint density at radius 1 is 1.04 bits per heavy atom. The maximum atomic E-state index is 12.6. The van der Waals surface area contributed by atoms with Crippen molar-refractivity contribution in [3.63, 3.8) is 0 Å². The van der Waals surface area contributed by atoms with Gasteiger partial charge in [-0.1, -0.05) is 30.3 Å². The molecule has 1 heterocycles. The van der Waals surface area contributed by atoms with Crippen LogP contribution >= 0.6 is 0 Å². The van der Waals surface area contributed by atoms with E-state index < -0.39 is 11.7 Å². The smallest absolute Gasteiger partial charge is 0.341 e. The number of amides is 1. The standard InChI is InChI=1S/C20H18F3N3O/c1-25(13-16-12-24-26(14-16)18-5-3-2-4-6-18)19(27)11-15-7-9-17(10-8-15)20(21,22)23/h2-10,12,14H,11,13H2,1H3. The van der Waals surface area contributed by atoms with E-state index in [-0.39, 0.29) is 12.3 Å². The second-order valence-electron chi connectivity index (χ2n) is 6.25. The van der Waals surface area contributed by atoms with E-state index >= 15 is 0 Å². The molecule has 0 saturated carbocycles. The molecule has 0 aliphatic rings. The zero-order valence-electron chi connectivity index (χ0n) is 14.6. The molecule has 0 unspecified atom stereocenters. The van der Waals surface area contributed by atoms with E-state index in [1.807, 2.05) is 36.5 Å². The molecule has 0 N–H and O–H groups in total. The van der Waals surface area contributed by atoms with Crippen LogP contribution in [0.5, 0.6) is 0 Å². The van der Waals surface area contributed by atoms with Crippen LogP contribution in [-0.2, 0) is 23.9 Å². The summed E-state index contributed by atoms with van der Waals surface area (Å²) in [7, 11) is 1.66. The molecule has 27 heavy (non-hydrogen) atoms. The Bertz CT molecular complexity index is 902. The Labute approximate surface area is 154 Å². The van der Waals surface area contributed by atoms with Crippen molar-refractivity contribution in [1.29, 1.82) is 0 Å². The third-order valence-electron chi connectivity index (χ3n) is 4.14. The van der Waals surface area contributed by atoms with E-state index in [4.69, 9.17) is 0 Å². The number of hydrogen-bond donors (Lipinski definition) is 0. The summed E-state index contributed by atoms with van der Waals surface area (Å²) in [6, 6.07) is 14.3. The van der Waals surface area contributed by atoms with Gasteiger partial charge in [0.2, 0.25) is 5.91 Å². The van der Waals surface area contributed by atoms with Crippen LogP contribution in [0.2, 0.25) is 0 Å². The maximum absolute atomic E-state index is 12.6. The van der Waals surface area contributed by atoms with E-state index in [0.29, 0.717) is 12.1 Å². The zero-order valence-corrected chi connectivity index (χ0v) is 14.6. The van der Waals surface area contributed by atoms with Gasteiger partial charge in [-0.05, 0) is 29.8 Å². The van der Waals surface area contributed by atoms with Crippen LogP contribution in [0.1, 0.15) is 16.7 Å². The number of nitrogens with zero attached hydrogens (tertiary/aromatic N) is 3. The number of rotatable bonds is 5. The highest BCUT2D eigenvalue weighted by Crippen LogP contribution is 2.29. The van der Waals surface area contributed by atoms with Crippen molar-refractivity contribution < 1.29 is 18.0 Å². The van der Waals surface area contributed by atoms with Gasteiger partial charge in [-0.3, -0.25) is 4.79 Å². The molecule has 2 aromatic carbocycles. The molecule has 0 saturated heterocycles. The summed E-state index contributed by atoms with van der Waals surface area (Å²) in [4.78, 5) is 13.9. The van der Waals surface area contributed by atoms with Crippen molar-refractivity contribution in [2.75, 3.05) is 7.05 Å². The van der Waals surface area contributed by atoms with Crippen molar-refractivity contribution in [2.24, 2.45) is 0 Å². The number of hydrogen-bond acceptors (Lipinski definition) is 2. The number of aromatic nitrogens is 2. The monoisotopic (exact) mass is 373 g/mol. The number of carbonyl (C=O) groups excluding carboxylic acids is 1. The first-order chi connectivity index (χ1) is 12.8. The lowest BCUT2D eigenvalue weighted by Crippen LogP contribution is -2.27. The van der Waals surface area contributed by atoms with Gasteiger partial charge in [0.05, 0.1) is 23.9 Å². The maximum Gasteiger partial charge on any atom is 0.416 e.